The minimum absolute atomic E-state index is 0.0700. The van der Waals surface area contributed by atoms with Crippen LogP contribution >= 0.6 is 0 Å². The molecule has 0 bridgehead atoms. The summed E-state index contributed by atoms with van der Waals surface area (Å²) >= 11 is 0. The summed E-state index contributed by atoms with van der Waals surface area (Å²) in [7, 11) is -2.31. The summed E-state index contributed by atoms with van der Waals surface area (Å²) in [5, 5.41) is 3.81. The Morgan fingerprint density at radius 1 is 1.59 bits per heavy atom. The van der Waals surface area contributed by atoms with Crippen LogP contribution in [0, 0.1) is 0 Å². The van der Waals surface area contributed by atoms with Crippen LogP contribution in [0.5, 0.6) is 0 Å². The first kappa shape index (κ1) is 13.5. The Bertz CT molecular complexity index is 481. The van der Waals surface area contributed by atoms with Crippen LogP contribution in [0.15, 0.2) is 12.4 Å². The largest absolute Gasteiger partial charge is 0.468 e. The van der Waals surface area contributed by atoms with Crippen molar-refractivity contribution in [2.75, 3.05) is 18.4 Å². The van der Waals surface area contributed by atoms with Crippen molar-refractivity contribution >= 4 is 21.9 Å². The quantitative estimate of drug-likeness (QED) is 0.661. The molecule has 9 heteroatoms. The molecule has 1 rings (SSSR count). The van der Waals surface area contributed by atoms with Crippen LogP contribution in [0.2, 0.25) is 0 Å². The fourth-order valence-corrected chi connectivity index (χ4v) is 1.95. The van der Waals surface area contributed by atoms with Crippen LogP contribution in [0.4, 0.5) is 5.69 Å². The van der Waals surface area contributed by atoms with Crippen molar-refractivity contribution in [2.24, 2.45) is 0 Å². The molecule has 0 aliphatic carbocycles. The van der Waals surface area contributed by atoms with Gasteiger partial charge in [0.25, 0.3) is 10.2 Å². The molecule has 0 unspecified atom stereocenters. The number of esters is 1. The van der Waals surface area contributed by atoms with E-state index in [-0.39, 0.29) is 18.8 Å². The van der Waals surface area contributed by atoms with Crippen LogP contribution in [0.1, 0.15) is 6.92 Å². The molecule has 1 aromatic heterocycles. The molecule has 0 spiro atoms. The summed E-state index contributed by atoms with van der Waals surface area (Å²) in [6, 6.07) is 0. The average molecular weight is 262 g/mol. The van der Waals surface area contributed by atoms with Gasteiger partial charge in [0.05, 0.1) is 19.0 Å². The number of nitrogens with one attached hydrogen (secondary N) is 2. The van der Waals surface area contributed by atoms with Gasteiger partial charge in [-0.05, 0) is 0 Å². The highest BCUT2D eigenvalue weighted by atomic mass is 32.2. The second-order valence-electron chi connectivity index (χ2n) is 3.11. The van der Waals surface area contributed by atoms with E-state index in [0.29, 0.717) is 0 Å². The zero-order valence-electron chi connectivity index (χ0n) is 9.50. The number of nitrogens with zero attached hydrogens (tertiary/aromatic N) is 2. The van der Waals surface area contributed by atoms with Gasteiger partial charge in [0.2, 0.25) is 0 Å². The summed E-state index contributed by atoms with van der Waals surface area (Å²) < 4.78 is 32.9. The van der Waals surface area contributed by atoms with E-state index in [0.717, 1.165) is 0 Å². The number of ether oxygens (including phenoxy) is 1. The van der Waals surface area contributed by atoms with Gasteiger partial charge in [-0.2, -0.15) is 18.2 Å². The molecule has 0 aliphatic heterocycles. The number of methoxy groups -OCH3 is 1. The number of rotatable bonds is 6. The van der Waals surface area contributed by atoms with E-state index in [1.807, 2.05) is 0 Å². The van der Waals surface area contributed by atoms with Gasteiger partial charge in [0.1, 0.15) is 6.54 Å². The zero-order valence-corrected chi connectivity index (χ0v) is 10.3. The van der Waals surface area contributed by atoms with E-state index in [4.69, 9.17) is 0 Å². The lowest BCUT2D eigenvalue weighted by atomic mass is 10.6. The number of carbonyl (C=O) groups excluding carboxylic acids is 1. The fraction of sp³-hybridized carbons (Fsp3) is 0.500. The maximum absolute atomic E-state index is 11.3. The monoisotopic (exact) mass is 262 g/mol. The molecule has 1 aromatic rings. The van der Waals surface area contributed by atoms with E-state index in [2.05, 4.69) is 19.3 Å². The van der Waals surface area contributed by atoms with Crippen LogP contribution in [0.3, 0.4) is 0 Å². The van der Waals surface area contributed by atoms with Gasteiger partial charge in [-0.25, -0.2) is 0 Å². The molecule has 0 atom stereocenters. The minimum Gasteiger partial charge on any atom is -0.468 e. The topological polar surface area (TPSA) is 102 Å². The van der Waals surface area contributed by atoms with Crippen molar-refractivity contribution in [3.63, 3.8) is 0 Å². The summed E-state index contributed by atoms with van der Waals surface area (Å²) in [6.07, 6.45) is 2.70. The van der Waals surface area contributed by atoms with Crippen molar-refractivity contribution in [1.29, 1.82) is 0 Å². The fourth-order valence-electron chi connectivity index (χ4n) is 1.08. The van der Waals surface area contributed by atoms with Gasteiger partial charge in [0.15, 0.2) is 0 Å². The Morgan fingerprint density at radius 2 is 2.29 bits per heavy atom. The first-order chi connectivity index (χ1) is 7.96. The van der Waals surface area contributed by atoms with E-state index >= 15 is 0 Å². The lowest BCUT2D eigenvalue weighted by Crippen LogP contribution is -2.29. The van der Waals surface area contributed by atoms with Crippen LogP contribution < -0.4 is 9.44 Å². The van der Waals surface area contributed by atoms with Crippen molar-refractivity contribution in [3.05, 3.63) is 12.4 Å². The van der Waals surface area contributed by atoms with Gasteiger partial charge < -0.3 is 4.74 Å². The molecule has 0 aromatic carbocycles. The molecule has 17 heavy (non-hydrogen) atoms. The van der Waals surface area contributed by atoms with Gasteiger partial charge in [0, 0.05) is 12.7 Å². The van der Waals surface area contributed by atoms with Crippen LogP contribution in [0.25, 0.3) is 0 Å². The summed E-state index contributed by atoms with van der Waals surface area (Å²) in [4.78, 5) is 10.9. The first-order valence-corrected chi connectivity index (χ1v) is 6.32. The highest BCUT2D eigenvalue weighted by molar-refractivity contribution is 7.90. The Labute approximate surface area is 99.1 Å². The SMILES string of the molecule is CCNS(=O)(=O)Nc1cnn(CC(=O)OC)c1. The Balaban J connectivity index is 2.66. The Morgan fingerprint density at radius 3 is 2.88 bits per heavy atom. The van der Waals surface area contributed by atoms with E-state index in [9.17, 15) is 13.2 Å². The minimum atomic E-state index is -3.57. The highest BCUT2D eigenvalue weighted by Crippen LogP contribution is 2.06. The van der Waals surface area contributed by atoms with Gasteiger partial charge in [-0.1, -0.05) is 6.92 Å². The van der Waals surface area contributed by atoms with E-state index < -0.39 is 16.2 Å². The molecule has 0 fully saturated rings. The summed E-state index contributed by atoms with van der Waals surface area (Å²) in [5.74, 6) is -0.464. The standard InChI is InChI=1S/C8H14N4O4S/c1-3-10-17(14,15)11-7-4-9-12(5-7)6-8(13)16-2/h4-5,10-11H,3,6H2,1-2H3. The Kier molecular flexibility index (Phi) is 4.46. The van der Waals surface area contributed by atoms with Gasteiger partial charge >= 0.3 is 5.97 Å². The van der Waals surface area contributed by atoms with Crippen molar-refractivity contribution < 1.29 is 17.9 Å². The second-order valence-corrected chi connectivity index (χ2v) is 4.61. The Hall–Kier alpha value is -1.61. The number of anilines is 1. The third kappa shape index (κ3) is 4.41. The first-order valence-electron chi connectivity index (χ1n) is 4.83. The predicted molar refractivity (Wildman–Crippen MR) is 60.5 cm³/mol. The second kappa shape index (κ2) is 5.64. The molecule has 0 saturated heterocycles. The number of carbonyl (C=O) groups is 1. The number of hydrogen-bond donors (Lipinski definition) is 2. The number of hydrogen-bond acceptors (Lipinski definition) is 5. The smallest absolute Gasteiger partial charge is 0.327 e. The summed E-state index contributed by atoms with van der Waals surface area (Å²) in [5.41, 5.74) is 0.273. The van der Waals surface area contributed by atoms with Crippen LogP contribution in [-0.2, 0) is 26.3 Å². The number of aromatic nitrogens is 2. The van der Waals surface area contributed by atoms with Crippen LogP contribution in [-0.4, -0.2) is 37.8 Å². The molecule has 8 nitrogen and oxygen atoms in total. The molecule has 0 amide bonds. The van der Waals surface area contributed by atoms with Crippen molar-refractivity contribution in [3.8, 4) is 0 Å². The summed E-state index contributed by atoms with van der Waals surface area (Å²) in [6.45, 7) is 1.88. The van der Waals surface area contributed by atoms with Crippen molar-refractivity contribution in [1.82, 2.24) is 14.5 Å². The molecule has 0 saturated carbocycles. The van der Waals surface area contributed by atoms with Gasteiger partial charge in [-0.3, -0.25) is 14.2 Å². The van der Waals surface area contributed by atoms with E-state index in [1.165, 1.54) is 24.2 Å². The van der Waals surface area contributed by atoms with E-state index in [1.54, 1.807) is 6.92 Å². The maximum Gasteiger partial charge on any atom is 0.327 e. The molecule has 0 radical (unpaired) electrons. The third-order valence-electron chi connectivity index (χ3n) is 1.74. The molecule has 1 heterocycles. The molecular formula is C8H14N4O4S. The average Bonchev–Trinajstić information content (AvgIpc) is 2.64. The molecule has 2 N–H and O–H groups in total. The zero-order chi connectivity index (χ0) is 12.9. The maximum atomic E-state index is 11.3. The molecular weight excluding hydrogens is 248 g/mol. The normalized spacial score (nSPS) is 11.2. The van der Waals surface area contributed by atoms with Gasteiger partial charge in [-0.15, -0.1) is 0 Å². The lowest BCUT2D eigenvalue weighted by Gasteiger charge is -2.04. The van der Waals surface area contributed by atoms with Crippen molar-refractivity contribution in [2.45, 2.75) is 13.5 Å². The lowest BCUT2D eigenvalue weighted by molar-refractivity contribution is -0.141. The predicted octanol–water partition coefficient (Wildman–Crippen LogP) is -0.678. The molecule has 0 aliphatic rings. The highest BCUT2D eigenvalue weighted by Gasteiger charge is 2.10. The third-order valence-corrected chi connectivity index (χ3v) is 2.91. The molecule has 96 valence electrons.